The van der Waals surface area contributed by atoms with Crippen molar-refractivity contribution in [2.24, 2.45) is 40.5 Å². The van der Waals surface area contributed by atoms with Crippen molar-refractivity contribution in [3.8, 4) is 0 Å². The molecule has 0 aromatic rings. The van der Waals surface area contributed by atoms with Crippen LogP contribution in [0, 0.1) is 11.8 Å². The summed E-state index contributed by atoms with van der Waals surface area (Å²) in [6.45, 7) is 6.63. The van der Waals surface area contributed by atoms with Crippen molar-refractivity contribution in [1.82, 2.24) is 42.1 Å². The third-order valence-corrected chi connectivity index (χ3v) is 12.8. The molecule has 2 fully saturated rings. The molecule has 0 saturated carbocycles. The van der Waals surface area contributed by atoms with Crippen molar-refractivity contribution < 1.29 is 52.7 Å². The van der Waals surface area contributed by atoms with Gasteiger partial charge in [0.1, 0.15) is 42.3 Å². The monoisotopic (exact) mass is 943 g/mol. The maximum Gasteiger partial charge on any atom is 0.246 e. The van der Waals surface area contributed by atoms with Gasteiger partial charge in [-0.25, -0.2) is 0 Å². The van der Waals surface area contributed by atoms with Gasteiger partial charge in [-0.15, -0.1) is 0 Å². The Morgan fingerprint density at radius 3 is 1.98 bits per heavy atom. The summed E-state index contributed by atoms with van der Waals surface area (Å²) in [6, 6.07) is -10.6. The molecule has 2 aliphatic heterocycles. The van der Waals surface area contributed by atoms with Crippen LogP contribution in [0.4, 0.5) is 0 Å². The zero-order valence-electron chi connectivity index (χ0n) is 36.6. The van der Waals surface area contributed by atoms with E-state index in [0.717, 1.165) is 21.6 Å². The molecule has 17 N–H and O–H groups in total. The Labute approximate surface area is 379 Å². The Bertz CT molecular complexity index is 1720. The fourth-order valence-electron chi connectivity index (χ4n) is 6.70. The van der Waals surface area contributed by atoms with Crippen LogP contribution in [0.5, 0.6) is 0 Å². The Morgan fingerprint density at radius 2 is 1.39 bits per heavy atom. The normalized spacial score (nSPS) is 25.3. The average Bonchev–Trinajstić information content (AvgIpc) is 3.72. The molecule has 2 saturated heterocycles. The van der Waals surface area contributed by atoms with Gasteiger partial charge in [-0.05, 0) is 50.5 Å². The molecular weight excluding hydrogens is 879 g/mol. The summed E-state index contributed by atoms with van der Waals surface area (Å²) in [7, 11) is 2.09. The second-order valence-electron chi connectivity index (χ2n) is 16.1. The van der Waals surface area contributed by atoms with Crippen molar-refractivity contribution in [3.05, 3.63) is 0 Å². The van der Waals surface area contributed by atoms with E-state index >= 15 is 0 Å². The number of carbonyl (C=O) groups excluding carboxylic acids is 11. The Kier molecular flexibility index (Phi) is 23.3. The predicted octanol–water partition coefficient (Wildman–Crippen LogP) is -5.21. The summed E-state index contributed by atoms with van der Waals surface area (Å²) in [6.07, 6.45) is -0.517. The number of amides is 11. The highest BCUT2D eigenvalue weighted by molar-refractivity contribution is 8.76. The number of likely N-dealkylation sites (tertiary alicyclic amines) is 1. The highest BCUT2D eigenvalue weighted by Crippen LogP contribution is 2.26. The molecular formula is C38H65N13O11S2. The number of rotatable bonds is 17. The second kappa shape index (κ2) is 27.2. The molecule has 0 aromatic heterocycles. The number of nitrogens with two attached hydrogens (primary N) is 5. The van der Waals surface area contributed by atoms with Crippen LogP contribution in [0.25, 0.3) is 0 Å². The van der Waals surface area contributed by atoms with E-state index in [1.54, 1.807) is 13.8 Å². The summed E-state index contributed by atoms with van der Waals surface area (Å²) >= 11 is 0. The molecule has 2 heterocycles. The molecule has 2 aliphatic rings. The van der Waals surface area contributed by atoms with Crippen LogP contribution in [0.15, 0.2) is 0 Å². The fourth-order valence-corrected chi connectivity index (χ4v) is 8.98. The molecule has 64 heavy (non-hydrogen) atoms. The minimum atomic E-state index is -1.73. The van der Waals surface area contributed by atoms with Gasteiger partial charge in [0, 0.05) is 24.5 Å². The molecule has 11 amide bonds. The van der Waals surface area contributed by atoms with Crippen LogP contribution in [0.2, 0.25) is 0 Å². The first kappa shape index (κ1) is 54.9. The third-order valence-electron chi connectivity index (χ3n) is 10.4. The van der Waals surface area contributed by atoms with Gasteiger partial charge in [-0.1, -0.05) is 55.7 Å². The molecule has 9 atom stereocenters. The summed E-state index contributed by atoms with van der Waals surface area (Å²) in [4.78, 5) is 146. The van der Waals surface area contributed by atoms with Crippen molar-refractivity contribution in [1.29, 1.82) is 0 Å². The maximum absolute atomic E-state index is 14.4. The molecule has 0 unspecified atom stereocenters. The highest BCUT2D eigenvalue weighted by Gasteiger charge is 2.41. The van der Waals surface area contributed by atoms with Crippen molar-refractivity contribution in [2.75, 3.05) is 31.1 Å². The molecule has 0 aromatic carbocycles. The van der Waals surface area contributed by atoms with Crippen LogP contribution in [0.3, 0.4) is 0 Å². The van der Waals surface area contributed by atoms with E-state index in [4.69, 9.17) is 28.7 Å². The van der Waals surface area contributed by atoms with Crippen LogP contribution < -0.4 is 65.9 Å². The van der Waals surface area contributed by atoms with Crippen LogP contribution in [-0.4, -0.2) is 149 Å². The van der Waals surface area contributed by atoms with Gasteiger partial charge in [0.15, 0.2) is 0 Å². The molecule has 0 radical (unpaired) electrons. The number of hydrogen-bond donors (Lipinski definition) is 12. The lowest BCUT2D eigenvalue weighted by atomic mass is 9.96. The Hall–Kier alpha value is -5.21. The Morgan fingerprint density at radius 1 is 0.781 bits per heavy atom. The van der Waals surface area contributed by atoms with Crippen LogP contribution in [0.1, 0.15) is 79.1 Å². The van der Waals surface area contributed by atoms with Gasteiger partial charge in [0.25, 0.3) is 0 Å². The predicted molar refractivity (Wildman–Crippen MR) is 236 cm³/mol. The standard InChI is InChI=1S/C38H65N13O11S2/c1-5-19(4)30-37(61)46-21(8-9-27(41)52)33(57)48-24(14-28(42)53)34(58)49-25(17-64-63-16-20(40)31(55)47-23(13-18(2)3)35(59)50-30)38(62)51-12-6-7-26(51)36(60)45-22(10-11-39)32(56)44-15-29(43)54/h18-26,30H,5-17,39-40H2,1-4H3,(H2,41,52)(H2,42,53)(H2,43,54)(H,44,56)(H,45,60)(H,46,61)(H,47,55)(H,48,57)(H,49,58)(H,50,59)/t19-,20-,21-,22-,23-,24-,25-,26-,30-/m0/s1. The Balaban J connectivity index is 2.59. The lowest BCUT2D eigenvalue weighted by molar-refractivity contribution is -0.142. The molecule has 360 valence electrons. The first-order valence-corrected chi connectivity index (χ1v) is 23.5. The second-order valence-corrected chi connectivity index (χ2v) is 18.7. The third kappa shape index (κ3) is 18.1. The van der Waals surface area contributed by atoms with E-state index in [0.29, 0.717) is 12.8 Å². The zero-order valence-corrected chi connectivity index (χ0v) is 38.2. The minimum Gasteiger partial charge on any atom is -0.370 e. The number of carbonyl (C=O) groups is 11. The van der Waals surface area contributed by atoms with Gasteiger partial charge < -0.3 is 70.8 Å². The first-order chi connectivity index (χ1) is 30.1. The summed E-state index contributed by atoms with van der Waals surface area (Å²) < 4.78 is 0. The van der Waals surface area contributed by atoms with Gasteiger partial charge in [-0.3, -0.25) is 52.7 Å². The molecule has 0 bridgehead atoms. The molecule has 2 rings (SSSR count). The fraction of sp³-hybridized carbons (Fsp3) is 0.711. The first-order valence-electron chi connectivity index (χ1n) is 21.0. The lowest BCUT2D eigenvalue weighted by Crippen LogP contribution is -2.61. The van der Waals surface area contributed by atoms with Crippen molar-refractivity contribution >= 4 is 86.6 Å². The van der Waals surface area contributed by atoms with Gasteiger partial charge in [0.05, 0.1) is 19.0 Å². The van der Waals surface area contributed by atoms with Crippen molar-refractivity contribution in [2.45, 2.75) is 127 Å². The number of hydrogen-bond acceptors (Lipinski definition) is 15. The molecule has 0 aliphatic carbocycles. The lowest BCUT2D eigenvalue weighted by Gasteiger charge is -2.31. The smallest absolute Gasteiger partial charge is 0.246 e. The quantitative estimate of drug-likeness (QED) is 0.0607. The minimum absolute atomic E-state index is 0.0201. The topological polar surface area (TPSA) is 405 Å². The van der Waals surface area contributed by atoms with Crippen molar-refractivity contribution in [3.63, 3.8) is 0 Å². The van der Waals surface area contributed by atoms with E-state index in [9.17, 15) is 52.7 Å². The average molecular weight is 944 g/mol. The molecule has 24 nitrogen and oxygen atoms in total. The number of nitrogens with zero attached hydrogens (tertiary/aromatic N) is 1. The largest absolute Gasteiger partial charge is 0.370 e. The van der Waals surface area contributed by atoms with Crippen LogP contribution >= 0.6 is 21.6 Å². The van der Waals surface area contributed by atoms with Gasteiger partial charge in [0.2, 0.25) is 65.0 Å². The number of nitrogens with one attached hydrogen (secondary N) is 7. The maximum atomic E-state index is 14.4. The number of primary amides is 3. The van der Waals surface area contributed by atoms with E-state index < -0.39 is 139 Å². The summed E-state index contributed by atoms with van der Waals surface area (Å²) in [5.41, 5.74) is 27.9. The van der Waals surface area contributed by atoms with E-state index in [1.807, 2.05) is 13.8 Å². The molecule has 0 spiro atoms. The van der Waals surface area contributed by atoms with E-state index in [2.05, 4.69) is 37.2 Å². The van der Waals surface area contributed by atoms with Crippen LogP contribution in [-0.2, 0) is 52.7 Å². The van der Waals surface area contributed by atoms with E-state index in [1.165, 1.54) is 4.90 Å². The zero-order chi connectivity index (χ0) is 48.3. The highest BCUT2D eigenvalue weighted by atomic mass is 33.1. The summed E-state index contributed by atoms with van der Waals surface area (Å²) in [5.74, 6) is -10.1. The SMILES string of the molecule is CC[C@H](C)[C@@H]1NC(=O)[C@H](CC(C)C)NC(=O)[C@@H](N)CSSC[C@@H](C(=O)N2CCC[C@H]2C(=O)N[C@@H](CCN)C(=O)NCC(N)=O)NC(=O)[C@H](CC(N)=O)NC(=O)[C@H](CCC(N)=O)NC1=O. The van der Waals surface area contributed by atoms with E-state index in [-0.39, 0.29) is 56.2 Å². The van der Waals surface area contributed by atoms with Gasteiger partial charge in [-0.2, -0.15) is 0 Å². The molecule has 26 heteroatoms. The summed E-state index contributed by atoms with van der Waals surface area (Å²) in [5, 5.41) is 17.7. The van der Waals surface area contributed by atoms with Gasteiger partial charge >= 0.3 is 0 Å².